The molecule has 7 nitrogen and oxygen atoms in total. The van der Waals surface area contributed by atoms with E-state index >= 15 is 0 Å². The van der Waals surface area contributed by atoms with Crippen molar-refractivity contribution < 1.29 is 4.74 Å². The first-order valence-corrected chi connectivity index (χ1v) is 7.77. The van der Waals surface area contributed by atoms with E-state index < -0.39 is 0 Å². The van der Waals surface area contributed by atoms with Gasteiger partial charge in [0, 0.05) is 6.54 Å². The van der Waals surface area contributed by atoms with Crippen LogP contribution in [0.4, 0.5) is 11.9 Å². The lowest BCUT2D eigenvalue weighted by Crippen LogP contribution is -2.15. The summed E-state index contributed by atoms with van der Waals surface area (Å²) in [4.78, 5) is 12.3. The Hall–Kier alpha value is -1.28. The maximum Gasteiger partial charge on any atom is 0.323 e. The molecule has 0 unspecified atom stereocenters. The number of hydrazine groups is 1. The molecule has 1 heterocycles. The molecule has 108 valence electrons. The molecule has 1 aromatic heterocycles. The number of unbranched alkanes of at least 4 members (excludes halogenated alkanes) is 2. The van der Waals surface area contributed by atoms with Crippen molar-refractivity contribution in [1.29, 1.82) is 0 Å². The molecule has 0 saturated heterocycles. The van der Waals surface area contributed by atoms with Gasteiger partial charge in [-0.3, -0.25) is 5.43 Å². The molecule has 1 rings (SSSR count). The average Bonchev–Trinajstić information content (AvgIpc) is 2.43. The number of nitrogens with one attached hydrogen (secondary N) is 2. The number of thioether (sulfide) groups is 1. The molecule has 0 bridgehead atoms. The number of nitrogen functional groups attached to an aromatic ring is 1. The third-order valence-electron chi connectivity index (χ3n) is 2.33. The Morgan fingerprint density at radius 3 is 2.63 bits per heavy atom. The van der Waals surface area contributed by atoms with E-state index in [1.807, 2.05) is 18.7 Å². The van der Waals surface area contributed by atoms with Gasteiger partial charge in [-0.15, -0.1) is 0 Å². The normalized spacial score (nSPS) is 10.3. The fourth-order valence-electron chi connectivity index (χ4n) is 1.44. The number of aromatic nitrogens is 3. The van der Waals surface area contributed by atoms with E-state index in [4.69, 9.17) is 10.6 Å². The van der Waals surface area contributed by atoms with Crippen molar-refractivity contribution >= 4 is 23.7 Å². The summed E-state index contributed by atoms with van der Waals surface area (Å²) in [5.41, 5.74) is 2.40. The van der Waals surface area contributed by atoms with E-state index in [2.05, 4.69) is 32.0 Å². The predicted molar refractivity (Wildman–Crippen MR) is 79.5 cm³/mol. The highest BCUT2D eigenvalue weighted by Crippen LogP contribution is 2.10. The van der Waals surface area contributed by atoms with Gasteiger partial charge in [-0.1, -0.05) is 6.42 Å². The van der Waals surface area contributed by atoms with E-state index in [1.165, 1.54) is 18.6 Å². The van der Waals surface area contributed by atoms with Crippen molar-refractivity contribution in [3.8, 4) is 6.01 Å². The lowest BCUT2D eigenvalue weighted by atomic mass is 10.2. The van der Waals surface area contributed by atoms with Crippen LogP contribution in [0, 0.1) is 0 Å². The molecule has 0 amide bonds. The number of ether oxygens (including phenoxy) is 1. The quantitative estimate of drug-likeness (QED) is 0.338. The van der Waals surface area contributed by atoms with Crippen LogP contribution in [0.25, 0.3) is 0 Å². The Bertz CT molecular complexity index is 365. The standard InChI is InChI=1S/C11H22N6OS/c1-3-18-11-15-9(14-10(16-11)17-12)13-7-5-4-6-8-19-2/h3-8,12H2,1-2H3,(H2,13,14,15,16,17). The van der Waals surface area contributed by atoms with Crippen LogP contribution < -0.4 is 21.3 Å². The molecule has 0 radical (unpaired) electrons. The van der Waals surface area contributed by atoms with Gasteiger partial charge in [0.25, 0.3) is 0 Å². The molecule has 0 aliphatic rings. The van der Waals surface area contributed by atoms with Crippen molar-refractivity contribution in [3.05, 3.63) is 0 Å². The molecular formula is C11H22N6OS. The highest BCUT2D eigenvalue weighted by Gasteiger charge is 2.05. The van der Waals surface area contributed by atoms with Gasteiger partial charge in [0.1, 0.15) is 0 Å². The van der Waals surface area contributed by atoms with Gasteiger partial charge in [0.2, 0.25) is 11.9 Å². The SMILES string of the molecule is CCOc1nc(NN)nc(NCCCCCSC)n1. The Kier molecular flexibility index (Phi) is 7.99. The summed E-state index contributed by atoms with van der Waals surface area (Å²) in [5, 5.41) is 3.15. The minimum Gasteiger partial charge on any atom is -0.464 e. The van der Waals surface area contributed by atoms with Gasteiger partial charge in [0.05, 0.1) is 6.61 Å². The summed E-state index contributed by atoms with van der Waals surface area (Å²) < 4.78 is 5.25. The Balaban J connectivity index is 2.41. The van der Waals surface area contributed by atoms with Crippen LogP contribution in [0.15, 0.2) is 0 Å². The molecule has 0 spiro atoms. The smallest absolute Gasteiger partial charge is 0.323 e. The van der Waals surface area contributed by atoms with Crippen LogP contribution in [0.5, 0.6) is 6.01 Å². The number of nitrogens with two attached hydrogens (primary N) is 1. The van der Waals surface area contributed by atoms with E-state index in [1.54, 1.807) is 0 Å². The van der Waals surface area contributed by atoms with Crippen LogP contribution in [-0.4, -0.2) is 40.1 Å². The van der Waals surface area contributed by atoms with E-state index in [0.717, 1.165) is 13.0 Å². The molecule has 0 fully saturated rings. The third kappa shape index (κ3) is 6.44. The summed E-state index contributed by atoms with van der Waals surface area (Å²) in [5.74, 6) is 7.29. The maximum absolute atomic E-state index is 5.31. The van der Waals surface area contributed by atoms with Crippen molar-refractivity contribution in [3.63, 3.8) is 0 Å². The summed E-state index contributed by atoms with van der Waals surface area (Å²) in [7, 11) is 0. The second-order valence-corrected chi connectivity index (χ2v) is 4.81. The minimum atomic E-state index is 0.273. The average molecular weight is 286 g/mol. The Morgan fingerprint density at radius 2 is 1.95 bits per heavy atom. The van der Waals surface area contributed by atoms with E-state index in [0.29, 0.717) is 18.5 Å². The van der Waals surface area contributed by atoms with E-state index in [-0.39, 0.29) is 6.01 Å². The fraction of sp³-hybridized carbons (Fsp3) is 0.727. The van der Waals surface area contributed by atoms with Crippen molar-refractivity contribution in [2.75, 3.05) is 35.9 Å². The number of rotatable bonds is 10. The monoisotopic (exact) mass is 286 g/mol. The summed E-state index contributed by atoms with van der Waals surface area (Å²) in [6.45, 7) is 3.20. The van der Waals surface area contributed by atoms with Gasteiger partial charge < -0.3 is 10.1 Å². The first kappa shape index (κ1) is 15.8. The fourth-order valence-corrected chi connectivity index (χ4v) is 1.93. The van der Waals surface area contributed by atoms with Crippen LogP contribution >= 0.6 is 11.8 Å². The van der Waals surface area contributed by atoms with Crippen LogP contribution in [0.1, 0.15) is 26.2 Å². The Morgan fingerprint density at radius 1 is 1.16 bits per heavy atom. The number of nitrogens with zero attached hydrogens (tertiary/aromatic N) is 3. The largest absolute Gasteiger partial charge is 0.464 e. The molecule has 1 aromatic rings. The Labute approximate surface area is 118 Å². The van der Waals surface area contributed by atoms with Crippen LogP contribution in [0.3, 0.4) is 0 Å². The topological polar surface area (TPSA) is 98.0 Å². The van der Waals surface area contributed by atoms with Gasteiger partial charge >= 0.3 is 6.01 Å². The van der Waals surface area contributed by atoms with Gasteiger partial charge in [0.15, 0.2) is 0 Å². The first-order chi connectivity index (χ1) is 9.30. The zero-order chi connectivity index (χ0) is 13.9. The molecule has 0 saturated carbocycles. The highest BCUT2D eigenvalue weighted by molar-refractivity contribution is 7.98. The second-order valence-electron chi connectivity index (χ2n) is 3.82. The zero-order valence-corrected chi connectivity index (χ0v) is 12.3. The van der Waals surface area contributed by atoms with Gasteiger partial charge in [-0.25, -0.2) is 5.84 Å². The highest BCUT2D eigenvalue weighted by atomic mass is 32.2. The molecule has 19 heavy (non-hydrogen) atoms. The molecular weight excluding hydrogens is 264 g/mol. The minimum absolute atomic E-state index is 0.273. The molecule has 0 aliphatic carbocycles. The number of hydrogen-bond acceptors (Lipinski definition) is 8. The van der Waals surface area contributed by atoms with Crippen molar-refractivity contribution in [2.24, 2.45) is 5.84 Å². The molecule has 8 heteroatoms. The maximum atomic E-state index is 5.31. The third-order valence-corrected chi connectivity index (χ3v) is 3.02. The summed E-state index contributed by atoms with van der Waals surface area (Å²) >= 11 is 1.88. The van der Waals surface area contributed by atoms with Crippen molar-refractivity contribution in [1.82, 2.24) is 15.0 Å². The first-order valence-electron chi connectivity index (χ1n) is 6.38. The van der Waals surface area contributed by atoms with Gasteiger partial charge in [-0.05, 0) is 31.8 Å². The second kappa shape index (κ2) is 9.62. The summed E-state index contributed by atoms with van der Waals surface area (Å²) in [6, 6.07) is 0.273. The lowest BCUT2D eigenvalue weighted by Gasteiger charge is -2.08. The molecule has 0 aliphatic heterocycles. The summed E-state index contributed by atoms with van der Waals surface area (Å²) in [6.07, 6.45) is 5.64. The van der Waals surface area contributed by atoms with Crippen molar-refractivity contribution in [2.45, 2.75) is 26.2 Å². The molecule has 0 aromatic carbocycles. The lowest BCUT2D eigenvalue weighted by molar-refractivity contribution is 0.312. The number of hydrogen-bond donors (Lipinski definition) is 3. The number of anilines is 2. The predicted octanol–water partition coefficient (Wildman–Crippen LogP) is 1.50. The van der Waals surface area contributed by atoms with Crippen LogP contribution in [0.2, 0.25) is 0 Å². The van der Waals surface area contributed by atoms with Gasteiger partial charge in [-0.2, -0.15) is 26.7 Å². The molecule has 4 N–H and O–H groups in total. The molecule has 0 atom stereocenters. The zero-order valence-electron chi connectivity index (χ0n) is 11.5. The van der Waals surface area contributed by atoms with Crippen LogP contribution in [-0.2, 0) is 0 Å². The van der Waals surface area contributed by atoms with E-state index in [9.17, 15) is 0 Å².